The van der Waals surface area contributed by atoms with Crippen molar-refractivity contribution in [2.75, 3.05) is 62.5 Å². The molecule has 0 unspecified atom stereocenters. The maximum absolute atomic E-state index is 6.57. The highest BCUT2D eigenvalue weighted by Crippen LogP contribution is 2.45. The van der Waals surface area contributed by atoms with Crippen LogP contribution in [0.1, 0.15) is 6.92 Å². The first-order valence-corrected chi connectivity index (χ1v) is 13.6. The van der Waals surface area contributed by atoms with Gasteiger partial charge in [0.1, 0.15) is 33.7 Å². The van der Waals surface area contributed by atoms with E-state index in [0.29, 0.717) is 50.4 Å². The Morgan fingerprint density at radius 3 is 2.23 bits per heavy atom. The van der Waals surface area contributed by atoms with Gasteiger partial charge in [-0.3, -0.25) is 0 Å². The molecule has 12 heteroatoms. The van der Waals surface area contributed by atoms with Gasteiger partial charge in [-0.25, -0.2) is 15.0 Å². The van der Waals surface area contributed by atoms with E-state index in [1.54, 1.807) is 18.3 Å². The second kappa shape index (κ2) is 12.5. The molecule has 0 radical (unpaired) electrons. The standard InChI is InChI=1S/C28H30Cl2N8O2/c1-4-37-12-14-38(15-13-37)19-9-7-18(8-10-19)34-28-33-17-32-27(36-28)20-6-5-11-31-26(20)35-25-23(29)21(39-2)16-22(40-3)24(25)30/h5-11,16-17H,4,12-15H2,1-3H3,(H,31,35)(H,32,33,34,36). The summed E-state index contributed by atoms with van der Waals surface area (Å²) in [6, 6.07) is 13.6. The van der Waals surface area contributed by atoms with E-state index in [0.717, 1.165) is 38.4 Å². The number of hydrogen-bond acceptors (Lipinski definition) is 10. The summed E-state index contributed by atoms with van der Waals surface area (Å²) >= 11 is 13.1. The number of hydrogen-bond donors (Lipinski definition) is 2. The zero-order valence-electron chi connectivity index (χ0n) is 22.5. The number of ether oxygens (including phenoxy) is 2. The topological polar surface area (TPSA) is 101 Å². The van der Waals surface area contributed by atoms with E-state index in [1.165, 1.54) is 26.2 Å². The highest BCUT2D eigenvalue weighted by atomic mass is 35.5. The SMILES string of the molecule is CCN1CCN(c2ccc(Nc3ncnc(-c4cccnc4Nc4c(Cl)c(OC)cc(OC)c4Cl)n3)cc2)CC1. The van der Waals surface area contributed by atoms with Gasteiger partial charge in [0.15, 0.2) is 5.82 Å². The molecule has 2 aromatic heterocycles. The minimum atomic E-state index is 0.290. The van der Waals surface area contributed by atoms with Crippen molar-refractivity contribution in [2.45, 2.75) is 6.92 Å². The molecule has 208 valence electrons. The van der Waals surface area contributed by atoms with Crippen LogP contribution in [0, 0.1) is 0 Å². The number of anilines is 5. The molecular formula is C28H30Cl2N8O2. The Bertz CT molecular complexity index is 1440. The predicted molar refractivity (Wildman–Crippen MR) is 160 cm³/mol. The maximum Gasteiger partial charge on any atom is 0.230 e. The molecule has 10 nitrogen and oxygen atoms in total. The van der Waals surface area contributed by atoms with Gasteiger partial charge >= 0.3 is 0 Å². The van der Waals surface area contributed by atoms with Crippen molar-refractivity contribution < 1.29 is 9.47 Å². The van der Waals surface area contributed by atoms with Crippen LogP contribution < -0.4 is 25.0 Å². The van der Waals surface area contributed by atoms with Crippen LogP contribution in [-0.4, -0.2) is 71.8 Å². The largest absolute Gasteiger partial charge is 0.495 e. The molecule has 1 aliphatic rings. The summed E-state index contributed by atoms with van der Waals surface area (Å²) in [5, 5.41) is 7.06. The van der Waals surface area contributed by atoms with E-state index in [-0.39, 0.29) is 0 Å². The molecule has 0 aliphatic carbocycles. The van der Waals surface area contributed by atoms with Crippen molar-refractivity contribution in [3.63, 3.8) is 0 Å². The number of pyridine rings is 1. The first kappa shape index (κ1) is 27.7. The zero-order valence-corrected chi connectivity index (χ0v) is 24.0. The van der Waals surface area contributed by atoms with Crippen LogP contribution >= 0.6 is 23.2 Å². The van der Waals surface area contributed by atoms with Gasteiger partial charge in [0.25, 0.3) is 0 Å². The van der Waals surface area contributed by atoms with Gasteiger partial charge in [-0.2, -0.15) is 4.98 Å². The number of piperazine rings is 1. The highest BCUT2D eigenvalue weighted by molar-refractivity contribution is 6.41. The van der Waals surface area contributed by atoms with E-state index in [1.807, 2.05) is 18.2 Å². The molecule has 1 saturated heterocycles. The molecule has 0 bridgehead atoms. The van der Waals surface area contributed by atoms with Crippen molar-refractivity contribution in [1.29, 1.82) is 0 Å². The second-order valence-electron chi connectivity index (χ2n) is 9.03. The van der Waals surface area contributed by atoms with E-state index >= 15 is 0 Å². The molecule has 2 N–H and O–H groups in total. The fraction of sp³-hybridized carbons (Fsp3) is 0.286. The van der Waals surface area contributed by atoms with Crippen LogP contribution in [0.4, 0.5) is 28.8 Å². The molecule has 40 heavy (non-hydrogen) atoms. The minimum absolute atomic E-state index is 0.290. The maximum atomic E-state index is 6.57. The number of benzene rings is 2. The summed E-state index contributed by atoms with van der Waals surface area (Å²) in [6.07, 6.45) is 3.10. The zero-order chi connectivity index (χ0) is 28.1. The summed E-state index contributed by atoms with van der Waals surface area (Å²) in [5.74, 6) is 2.09. The van der Waals surface area contributed by atoms with Gasteiger partial charge in [-0.1, -0.05) is 30.1 Å². The molecule has 2 aromatic carbocycles. The van der Waals surface area contributed by atoms with Crippen LogP contribution in [0.5, 0.6) is 11.5 Å². The quantitative estimate of drug-likeness (QED) is 0.249. The number of nitrogens with zero attached hydrogens (tertiary/aromatic N) is 6. The number of halogens is 2. The first-order valence-electron chi connectivity index (χ1n) is 12.9. The number of aromatic nitrogens is 4. The van der Waals surface area contributed by atoms with Crippen molar-refractivity contribution in [3.8, 4) is 22.9 Å². The third-order valence-electron chi connectivity index (χ3n) is 6.75. The monoisotopic (exact) mass is 580 g/mol. The minimum Gasteiger partial charge on any atom is -0.495 e. The lowest BCUT2D eigenvalue weighted by Gasteiger charge is -2.35. The van der Waals surface area contributed by atoms with Crippen LogP contribution in [0.25, 0.3) is 11.4 Å². The Kier molecular flexibility index (Phi) is 8.69. The van der Waals surface area contributed by atoms with Crippen LogP contribution in [0.15, 0.2) is 55.0 Å². The second-order valence-corrected chi connectivity index (χ2v) is 9.79. The molecule has 0 atom stereocenters. The molecule has 0 amide bonds. The molecule has 5 rings (SSSR count). The summed E-state index contributed by atoms with van der Waals surface area (Å²) in [7, 11) is 3.04. The van der Waals surface area contributed by atoms with Crippen molar-refractivity contribution in [3.05, 3.63) is 65.0 Å². The Balaban J connectivity index is 1.36. The van der Waals surface area contributed by atoms with Crippen LogP contribution in [0.3, 0.4) is 0 Å². The predicted octanol–water partition coefficient (Wildman–Crippen LogP) is 5.89. The summed E-state index contributed by atoms with van der Waals surface area (Å²) in [4.78, 5) is 22.7. The average molecular weight is 582 g/mol. The molecular weight excluding hydrogens is 551 g/mol. The lowest BCUT2D eigenvalue weighted by molar-refractivity contribution is 0.271. The molecule has 3 heterocycles. The van der Waals surface area contributed by atoms with E-state index in [2.05, 4.69) is 59.4 Å². The van der Waals surface area contributed by atoms with Gasteiger partial charge < -0.3 is 29.9 Å². The van der Waals surface area contributed by atoms with Gasteiger partial charge in [-0.15, -0.1) is 0 Å². The van der Waals surface area contributed by atoms with Crippen molar-refractivity contribution in [1.82, 2.24) is 24.8 Å². The third-order valence-corrected chi connectivity index (χ3v) is 7.50. The number of likely N-dealkylation sites (N-methyl/N-ethyl adjacent to an activating group) is 1. The number of rotatable bonds is 9. The van der Waals surface area contributed by atoms with Crippen LogP contribution in [0.2, 0.25) is 10.0 Å². The van der Waals surface area contributed by atoms with E-state index in [4.69, 9.17) is 32.7 Å². The Morgan fingerprint density at radius 2 is 1.57 bits per heavy atom. The fourth-order valence-electron chi connectivity index (χ4n) is 4.49. The molecule has 0 saturated carbocycles. The Labute approximate surface area is 243 Å². The van der Waals surface area contributed by atoms with Crippen molar-refractivity contribution >= 4 is 52.0 Å². The number of nitrogens with one attached hydrogen (secondary N) is 2. The third kappa shape index (κ3) is 5.99. The van der Waals surface area contributed by atoms with Gasteiger partial charge in [0.2, 0.25) is 5.95 Å². The normalized spacial score (nSPS) is 13.7. The molecule has 0 spiro atoms. The fourth-order valence-corrected chi connectivity index (χ4v) is 5.09. The van der Waals surface area contributed by atoms with E-state index < -0.39 is 0 Å². The summed E-state index contributed by atoms with van der Waals surface area (Å²) in [5.41, 5.74) is 3.10. The summed E-state index contributed by atoms with van der Waals surface area (Å²) < 4.78 is 10.8. The highest BCUT2D eigenvalue weighted by Gasteiger charge is 2.20. The van der Waals surface area contributed by atoms with Gasteiger partial charge in [-0.05, 0) is 42.9 Å². The molecule has 1 aliphatic heterocycles. The Hall–Kier alpha value is -3.86. The molecule has 1 fully saturated rings. The lowest BCUT2D eigenvalue weighted by atomic mass is 10.2. The van der Waals surface area contributed by atoms with E-state index in [9.17, 15) is 0 Å². The Morgan fingerprint density at radius 1 is 0.875 bits per heavy atom. The molecule has 4 aromatic rings. The van der Waals surface area contributed by atoms with Crippen LogP contribution in [-0.2, 0) is 0 Å². The smallest absolute Gasteiger partial charge is 0.230 e. The average Bonchev–Trinajstić information content (AvgIpc) is 3.00. The summed E-state index contributed by atoms with van der Waals surface area (Å²) in [6.45, 7) is 7.52. The number of methoxy groups -OCH3 is 2. The van der Waals surface area contributed by atoms with Gasteiger partial charge in [0.05, 0.1) is 25.5 Å². The van der Waals surface area contributed by atoms with Crippen molar-refractivity contribution in [2.24, 2.45) is 0 Å². The lowest BCUT2D eigenvalue weighted by Crippen LogP contribution is -2.46. The van der Waals surface area contributed by atoms with Gasteiger partial charge in [0, 0.05) is 49.8 Å². The first-order chi connectivity index (χ1) is 19.5.